The maximum absolute atomic E-state index is 16.1. The first kappa shape index (κ1) is 45.7. The second kappa shape index (κ2) is 16.6. The number of rotatable bonds is 9. The minimum Gasteiger partial charge on any atom is -0.402 e. The molecule has 3 aromatic heterocycles. The van der Waals surface area contributed by atoms with E-state index in [2.05, 4.69) is 53.5 Å². The zero-order valence-corrected chi connectivity index (χ0v) is 40.7. The van der Waals surface area contributed by atoms with Gasteiger partial charge in [-0.05, 0) is 144 Å². The molecule has 10 rings (SSSR count). The van der Waals surface area contributed by atoms with E-state index in [0.29, 0.717) is 46.5 Å². The van der Waals surface area contributed by atoms with Crippen LogP contribution in [0.25, 0.3) is 16.6 Å². The lowest BCUT2D eigenvalue weighted by Gasteiger charge is -2.37. The number of amides is 1. The fourth-order valence-corrected chi connectivity index (χ4v) is 13.0. The summed E-state index contributed by atoms with van der Waals surface area (Å²) in [6, 6.07) is 15.3. The van der Waals surface area contributed by atoms with Crippen molar-refractivity contribution in [3.63, 3.8) is 0 Å². The SMILES string of the molecule is CN=[S@@](=O)(c1ccc(-n2ccn(C(=Nc3cc(C)c(Cl)c(C)c3)C3=C(N)CCN(C(=O)c4cc5cc([C@H]6CCOC(C)(C)C6)ccc5n4[C@@]4(c5noc(=O)[nH]5)C[C@@H]4C)[C@H]3C)c2=O)c(F)c1)C1CC1. The first-order chi connectivity index (χ1) is 32.3. The monoisotopic (exact) mass is 963 g/mol. The van der Waals surface area contributed by atoms with Crippen LogP contribution >= 0.6 is 11.6 Å². The van der Waals surface area contributed by atoms with Crippen LogP contribution in [0.15, 0.2) is 107 Å². The predicted molar refractivity (Wildman–Crippen MR) is 259 cm³/mol. The van der Waals surface area contributed by atoms with Crippen molar-refractivity contribution in [2.75, 3.05) is 20.2 Å². The van der Waals surface area contributed by atoms with E-state index in [1.54, 1.807) is 23.1 Å². The third-order valence-electron chi connectivity index (χ3n) is 14.5. The highest BCUT2D eigenvalue weighted by Crippen LogP contribution is 2.56. The molecule has 3 N–H and O–H groups in total. The minimum absolute atomic E-state index is 0.0165. The van der Waals surface area contributed by atoms with Gasteiger partial charge in [0.05, 0.1) is 37.6 Å². The summed E-state index contributed by atoms with van der Waals surface area (Å²) in [6.45, 7) is 12.7. The molecule has 1 amide bonds. The van der Waals surface area contributed by atoms with Crippen LogP contribution in [0.2, 0.25) is 5.02 Å². The summed E-state index contributed by atoms with van der Waals surface area (Å²) in [5, 5.41) is 5.48. The Hall–Kier alpha value is -6.04. The first-order valence-corrected chi connectivity index (χ1v) is 25.1. The van der Waals surface area contributed by atoms with Crippen molar-refractivity contribution in [1.82, 2.24) is 28.7 Å². The normalized spacial score (nSPS) is 23.8. The van der Waals surface area contributed by atoms with Crippen LogP contribution in [-0.4, -0.2) is 81.8 Å². The van der Waals surface area contributed by atoms with Crippen molar-refractivity contribution in [3.05, 3.63) is 138 Å². The number of nitrogens with two attached hydrogens (primary N) is 1. The van der Waals surface area contributed by atoms with Crippen molar-refractivity contribution >= 4 is 49.7 Å². The van der Waals surface area contributed by atoms with Crippen LogP contribution in [-0.2, 0) is 20.0 Å². The van der Waals surface area contributed by atoms with Gasteiger partial charge in [0, 0.05) is 71.5 Å². The van der Waals surface area contributed by atoms with Crippen molar-refractivity contribution in [2.24, 2.45) is 21.0 Å². The summed E-state index contributed by atoms with van der Waals surface area (Å²) in [4.78, 5) is 52.6. The lowest BCUT2D eigenvalue weighted by atomic mass is 9.83. The molecule has 5 heterocycles. The number of imidazole rings is 1. The number of aryl methyl sites for hydroxylation is 2. The molecule has 0 spiro atoms. The van der Waals surface area contributed by atoms with Gasteiger partial charge in [0.1, 0.15) is 22.9 Å². The molecule has 68 heavy (non-hydrogen) atoms. The summed E-state index contributed by atoms with van der Waals surface area (Å²) in [5.41, 5.74) is 10.3. The van der Waals surface area contributed by atoms with Gasteiger partial charge in [-0.1, -0.05) is 29.7 Å². The molecule has 4 aliphatic rings. The molecule has 2 aliphatic carbocycles. The Bertz CT molecular complexity index is 3360. The Kier molecular flexibility index (Phi) is 11.2. The molecule has 18 heteroatoms. The van der Waals surface area contributed by atoms with Crippen molar-refractivity contribution in [1.29, 1.82) is 0 Å². The van der Waals surface area contributed by atoms with Gasteiger partial charge < -0.3 is 19.9 Å². The average molecular weight is 965 g/mol. The van der Waals surface area contributed by atoms with Gasteiger partial charge in [0.15, 0.2) is 5.82 Å². The van der Waals surface area contributed by atoms with Gasteiger partial charge >= 0.3 is 11.4 Å². The summed E-state index contributed by atoms with van der Waals surface area (Å²) >= 11 is 6.60. The third kappa shape index (κ3) is 7.57. The number of nitrogens with zero attached hydrogens (tertiary/aromatic N) is 7. The van der Waals surface area contributed by atoms with Crippen LogP contribution in [0.4, 0.5) is 10.1 Å². The van der Waals surface area contributed by atoms with Crippen LogP contribution in [0, 0.1) is 25.6 Å². The van der Waals surface area contributed by atoms with Crippen LogP contribution in [0.3, 0.4) is 0 Å². The molecule has 15 nitrogen and oxygen atoms in total. The number of carbonyl (C=O) groups excluding carboxylic acids is 1. The molecule has 6 aromatic rings. The van der Waals surface area contributed by atoms with E-state index in [1.165, 1.54) is 40.7 Å². The van der Waals surface area contributed by atoms with Gasteiger partial charge in [-0.15, -0.1) is 0 Å². The Balaban J connectivity index is 1.08. The number of fused-ring (bicyclic) bond motifs is 1. The van der Waals surface area contributed by atoms with Crippen LogP contribution in [0.1, 0.15) is 105 Å². The molecule has 3 aromatic carbocycles. The topological polar surface area (TPSA) is 188 Å². The lowest BCUT2D eigenvalue weighted by molar-refractivity contribution is -0.0592. The Morgan fingerprint density at radius 1 is 1.01 bits per heavy atom. The highest BCUT2D eigenvalue weighted by atomic mass is 35.5. The molecule has 5 atom stereocenters. The number of carbonyl (C=O) groups is 1. The molecule has 0 unspecified atom stereocenters. The summed E-state index contributed by atoms with van der Waals surface area (Å²) < 4.78 is 49.6. The highest BCUT2D eigenvalue weighted by molar-refractivity contribution is 7.94. The van der Waals surface area contributed by atoms with E-state index in [0.717, 1.165) is 53.3 Å². The average Bonchev–Trinajstić information content (AvgIpc) is 4.13. The molecular weight excluding hydrogens is 909 g/mol. The number of benzene rings is 3. The second-order valence-electron chi connectivity index (χ2n) is 19.5. The van der Waals surface area contributed by atoms with E-state index in [4.69, 9.17) is 31.6 Å². The largest absolute Gasteiger partial charge is 0.438 e. The number of hydrogen-bond acceptors (Lipinski definition) is 10. The van der Waals surface area contributed by atoms with E-state index < -0.39 is 38.6 Å². The second-order valence-corrected chi connectivity index (χ2v) is 22.5. The number of aromatic amines is 1. The summed E-state index contributed by atoms with van der Waals surface area (Å²) in [7, 11) is -1.33. The van der Waals surface area contributed by atoms with Crippen molar-refractivity contribution < 1.29 is 22.7 Å². The Labute approximate surface area is 398 Å². The maximum Gasteiger partial charge on any atom is 0.438 e. The quantitative estimate of drug-likeness (QED) is 0.107. The number of aliphatic imine (C=N–C) groups is 1. The number of ether oxygens (including phenoxy) is 1. The smallest absolute Gasteiger partial charge is 0.402 e. The number of aromatic nitrogens is 5. The first-order valence-electron chi connectivity index (χ1n) is 23.1. The predicted octanol–water partition coefficient (Wildman–Crippen LogP) is 8.48. The van der Waals surface area contributed by atoms with Crippen LogP contribution < -0.4 is 17.2 Å². The number of hydrogen-bond donors (Lipinski definition) is 2. The van der Waals surface area contributed by atoms with E-state index in [9.17, 15) is 13.8 Å². The number of nitrogens with one attached hydrogen (secondary N) is 1. The van der Waals surface area contributed by atoms with Crippen molar-refractivity contribution in [3.8, 4) is 5.69 Å². The maximum atomic E-state index is 16.1. The van der Waals surface area contributed by atoms with Gasteiger partial charge in [-0.2, -0.15) is 0 Å². The van der Waals surface area contributed by atoms with Gasteiger partial charge in [0.2, 0.25) is 0 Å². The summed E-state index contributed by atoms with van der Waals surface area (Å²) in [5.74, 6) is -1.00. The Morgan fingerprint density at radius 2 is 1.75 bits per heavy atom. The fraction of sp³-hybridized carbons (Fsp3) is 0.420. The fourth-order valence-electron chi connectivity index (χ4n) is 10.7. The molecule has 3 fully saturated rings. The Morgan fingerprint density at radius 3 is 2.38 bits per heavy atom. The van der Waals surface area contributed by atoms with E-state index in [1.807, 2.05) is 31.4 Å². The lowest BCUT2D eigenvalue weighted by Crippen LogP contribution is -2.49. The van der Waals surface area contributed by atoms with Gasteiger partial charge in [-0.25, -0.2) is 27.5 Å². The minimum atomic E-state index is -2.81. The van der Waals surface area contributed by atoms with Crippen LogP contribution in [0.5, 0.6) is 0 Å². The molecule has 2 aliphatic heterocycles. The zero-order chi connectivity index (χ0) is 48.2. The van der Waals surface area contributed by atoms with Gasteiger partial charge in [0.25, 0.3) is 5.91 Å². The molecule has 2 saturated carbocycles. The molecular formula is C50H55ClFN9O6S. The zero-order valence-electron chi connectivity index (χ0n) is 39.1. The number of halogens is 2. The van der Waals surface area contributed by atoms with Gasteiger partial charge in [-0.3, -0.25) is 23.4 Å². The van der Waals surface area contributed by atoms with E-state index >= 15 is 9.18 Å². The molecule has 0 radical (unpaired) electrons. The van der Waals surface area contributed by atoms with Crippen molar-refractivity contribution in [2.45, 2.75) is 113 Å². The summed E-state index contributed by atoms with van der Waals surface area (Å²) in [6.07, 6.45) is 7.01. The molecule has 356 valence electrons. The number of H-pyrrole nitrogens is 1. The van der Waals surface area contributed by atoms with E-state index in [-0.39, 0.29) is 58.0 Å². The molecule has 1 saturated heterocycles. The third-order valence-corrected chi connectivity index (χ3v) is 18.0. The molecule has 0 bridgehead atoms. The standard InChI is InChI=1S/C50H55ClFN9O6S/c1-27-20-34(21-28(2)43(27)51)55-44(60-18-17-59(48(60)64)40-13-11-36(24-37(40)52)68(65,54-7)35-9-10-35)42-30(4)58(16-14-38(42)53)45(62)41-23-33-22-31(32-15-19-66-49(5,6)26-32)8-12-39(33)61(41)50(25-29(50)3)46-56-47(63)67-57-46/h8,11-13,17-18,20-24,29-30,32,35H,9-10,14-16,19,25-26,53H2,1-7H3,(H,56,57,63)/t29-,30-,32-,50-,68-/m0/s1. The highest BCUT2D eigenvalue weighted by Gasteiger charge is 2.59.